The lowest BCUT2D eigenvalue weighted by Crippen LogP contribution is -2.17. The van der Waals surface area contributed by atoms with Crippen LogP contribution in [0.3, 0.4) is 0 Å². The van der Waals surface area contributed by atoms with Gasteiger partial charge in [0.15, 0.2) is 0 Å². The molecular weight excluding hydrogens is 362 g/mol. The Morgan fingerprint density at radius 3 is 2.57 bits per heavy atom. The van der Waals surface area contributed by atoms with Gasteiger partial charge in [-0.3, -0.25) is 9.59 Å². The number of aldehydes is 1. The summed E-state index contributed by atoms with van der Waals surface area (Å²) in [7, 11) is 0. The number of amides is 2. The Morgan fingerprint density at radius 1 is 1.18 bits per heavy atom. The number of rotatable bonds is 9. The second-order valence-corrected chi connectivity index (χ2v) is 6.30. The molecule has 2 amide bonds. The third kappa shape index (κ3) is 9.09. The molecule has 0 spiro atoms. The third-order valence-corrected chi connectivity index (χ3v) is 3.72. The fraction of sp³-hybridized carbons (Fsp3) is 0.400. The van der Waals surface area contributed by atoms with Gasteiger partial charge in [0.2, 0.25) is 11.8 Å². The highest BCUT2D eigenvalue weighted by Crippen LogP contribution is 2.20. The summed E-state index contributed by atoms with van der Waals surface area (Å²) in [5.41, 5.74) is 6.02. The normalized spacial score (nSPS) is 10.1. The number of aryl methyl sites for hydroxylation is 1. The number of nitrogens with two attached hydrogens (primary N) is 1. The number of nitrogens with one attached hydrogen (secondary N) is 2. The fourth-order valence-corrected chi connectivity index (χ4v) is 2.50. The van der Waals surface area contributed by atoms with Gasteiger partial charge in [-0.05, 0) is 44.0 Å². The van der Waals surface area contributed by atoms with Gasteiger partial charge >= 0.3 is 5.63 Å². The molecule has 8 nitrogen and oxygen atoms in total. The zero-order valence-corrected chi connectivity index (χ0v) is 16.2. The van der Waals surface area contributed by atoms with E-state index in [0.29, 0.717) is 24.2 Å². The van der Waals surface area contributed by atoms with Crippen LogP contribution in [-0.4, -0.2) is 31.2 Å². The van der Waals surface area contributed by atoms with Gasteiger partial charge in [-0.25, -0.2) is 4.79 Å². The van der Waals surface area contributed by atoms with E-state index < -0.39 is 5.63 Å². The standard InChI is InChI=1S/C18H22N2O4.C2H5NO/c1-13-11-18(23)24-16-12-14(6-7-15(13)16)20-17(22)5-3-2-4-8-19-9-10-21;1-2(3)4/h6-7,10-12,19H,2-5,8-9H2,1H3,(H,20,22);1H3,(H2,3,4). The molecule has 152 valence electrons. The zero-order valence-electron chi connectivity index (χ0n) is 16.2. The minimum atomic E-state index is -0.397. The number of primary amides is 1. The Balaban J connectivity index is 0.000000892. The predicted molar refractivity (Wildman–Crippen MR) is 108 cm³/mol. The molecule has 1 heterocycles. The van der Waals surface area contributed by atoms with Crippen LogP contribution in [0.25, 0.3) is 11.0 Å². The molecule has 0 aliphatic rings. The van der Waals surface area contributed by atoms with Crippen molar-refractivity contribution in [3.63, 3.8) is 0 Å². The lowest BCUT2D eigenvalue weighted by atomic mass is 10.1. The molecule has 0 unspecified atom stereocenters. The molecule has 0 bridgehead atoms. The molecule has 1 aromatic heterocycles. The summed E-state index contributed by atoms with van der Waals surface area (Å²) in [6, 6.07) is 6.76. The number of fused-ring (bicyclic) bond motifs is 1. The molecule has 0 saturated carbocycles. The van der Waals surface area contributed by atoms with Crippen LogP contribution in [0.2, 0.25) is 0 Å². The lowest BCUT2D eigenvalue weighted by molar-refractivity contribution is -0.117. The molecule has 2 rings (SSSR count). The number of unbranched alkanes of at least 4 members (excludes halogenated alkanes) is 2. The van der Waals surface area contributed by atoms with Gasteiger partial charge in [0, 0.05) is 36.6 Å². The number of benzene rings is 1. The first-order valence-corrected chi connectivity index (χ1v) is 9.08. The van der Waals surface area contributed by atoms with Crippen molar-refractivity contribution >= 4 is 34.8 Å². The first-order chi connectivity index (χ1) is 13.3. The molecule has 0 aliphatic heterocycles. The number of carbonyl (C=O) groups is 3. The second kappa shape index (κ2) is 12.4. The van der Waals surface area contributed by atoms with Crippen LogP contribution in [0.1, 0.15) is 38.2 Å². The maximum Gasteiger partial charge on any atom is 0.336 e. The summed E-state index contributed by atoms with van der Waals surface area (Å²) in [6.07, 6.45) is 3.91. The summed E-state index contributed by atoms with van der Waals surface area (Å²) in [6.45, 7) is 4.31. The third-order valence-electron chi connectivity index (χ3n) is 3.72. The van der Waals surface area contributed by atoms with E-state index in [1.54, 1.807) is 12.1 Å². The predicted octanol–water partition coefficient (Wildman–Crippen LogP) is 1.88. The molecule has 0 saturated heterocycles. The van der Waals surface area contributed by atoms with Crippen LogP contribution < -0.4 is 22.0 Å². The van der Waals surface area contributed by atoms with Gasteiger partial charge in [0.25, 0.3) is 0 Å². The van der Waals surface area contributed by atoms with Crippen molar-refractivity contribution in [3.8, 4) is 0 Å². The Bertz CT molecular complexity index is 857. The smallest absolute Gasteiger partial charge is 0.336 e. The van der Waals surface area contributed by atoms with E-state index in [1.807, 2.05) is 13.0 Å². The SMILES string of the molecule is CC(N)=O.Cc1cc(=O)oc2cc(NC(=O)CCCCCNCC=O)ccc12. The van der Waals surface area contributed by atoms with Crippen molar-refractivity contribution in [2.75, 3.05) is 18.4 Å². The molecule has 0 fully saturated rings. The number of hydrogen-bond acceptors (Lipinski definition) is 6. The van der Waals surface area contributed by atoms with Gasteiger partial charge in [0.1, 0.15) is 11.9 Å². The molecule has 28 heavy (non-hydrogen) atoms. The average Bonchev–Trinajstić information content (AvgIpc) is 2.60. The quantitative estimate of drug-likeness (QED) is 0.341. The summed E-state index contributed by atoms with van der Waals surface area (Å²) >= 11 is 0. The maximum atomic E-state index is 12.0. The molecule has 1 aromatic carbocycles. The summed E-state index contributed by atoms with van der Waals surface area (Å²) in [5, 5.41) is 6.66. The summed E-state index contributed by atoms with van der Waals surface area (Å²) in [4.78, 5) is 42.7. The lowest BCUT2D eigenvalue weighted by Gasteiger charge is -2.07. The minimum Gasteiger partial charge on any atom is -0.423 e. The maximum absolute atomic E-state index is 12.0. The number of anilines is 1. The Morgan fingerprint density at radius 2 is 1.89 bits per heavy atom. The number of carbonyl (C=O) groups excluding carboxylic acids is 3. The fourth-order valence-electron chi connectivity index (χ4n) is 2.50. The Hall–Kier alpha value is -3.00. The van der Waals surface area contributed by atoms with Crippen LogP contribution in [-0.2, 0) is 14.4 Å². The number of hydrogen-bond donors (Lipinski definition) is 3. The van der Waals surface area contributed by atoms with Crippen molar-refractivity contribution in [2.24, 2.45) is 5.73 Å². The van der Waals surface area contributed by atoms with E-state index in [1.165, 1.54) is 13.0 Å². The van der Waals surface area contributed by atoms with E-state index in [2.05, 4.69) is 16.4 Å². The van der Waals surface area contributed by atoms with Crippen molar-refractivity contribution in [1.82, 2.24) is 5.32 Å². The van der Waals surface area contributed by atoms with E-state index in [9.17, 15) is 19.2 Å². The van der Waals surface area contributed by atoms with Crippen LogP contribution in [0, 0.1) is 6.92 Å². The van der Waals surface area contributed by atoms with Crippen LogP contribution >= 0.6 is 0 Å². The first kappa shape index (κ1) is 23.0. The minimum absolute atomic E-state index is 0.0646. The van der Waals surface area contributed by atoms with E-state index in [0.717, 1.165) is 43.0 Å². The second-order valence-electron chi connectivity index (χ2n) is 6.30. The monoisotopic (exact) mass is 389 g/mol. The molecule has 0 radical (unpaired) electrons. The van der Waals surface area contributed by atoms with E-state index in [-0.39, 0.29) is 11.8 Å². The van der Waals surface area contributed by atoms with Crippen molar-refractivity contribution in [1.29, 1.82) is 0 Å². The highest BCUT2D eigenvalue weighted by molar-refractivity contribution is 5.93. The molecular formula is C20H27N3O5. The summed E-state index contributed by atoms with van der Waals surface area (Å²) in [5.74, 6) is -0.398. The Kier molecular flexibility index (Phi) is 10.2. The van der Waals surface area contributed by atoms with Crippen LogP contribution in [0.15, 0.2) is 33.5 Å². The molecule has 0 aliphatic carbocycles. The first-order valence-electron chi connectivity index (χ1n) is 9.08. The molecule has 8 heteroatoms. The molecule has 4 N–H and O–H groups in total. The van der Waals surface area contributed by atoms with Gasteiger partial charge < -0.3 is 25.6 Å². The highest BCUT2D eigenvalue weighted by atomic mass is 16.4. The van der Waals surface area contributed by atoms with Gasteiger partial charge in [0.05, 0.1) is 6.54 Å². The van der Waals surface area contributed by atoms with E-state index >= 15 is 0 Å². The van der Waals surface area contributed by atoms with Crippen LogP contribution in [0.5, 0.6) is 0 Å². The van der Waals surface area contributed by atoms with Gasteiger partial charge in [-0.15, -0.1) is 0 Å². The molecule has 2 aromatic rings. The van der Waals surface area contributed by atoms with Gasteiger partial charge in [-0.1, -0.05) is 6.42 Å². The highest BCUT2D eigenvalue weighted by Gasteiger charge is 2.06. The van der Waals surface area contributed by atoms with Gasteiger partial charge in [-0.2, -0.15) is 0 Å². The van der Waals surface area contributed by atoms with Crippen LogP contribution in [0.4, 0.5) is 5.69 Å². The topological polar surface area (TPSA) is 132 Å². The average molecular weight is 389 g/mol. The van der Waals surface area contributed by atoms with Crippen molar-refractivity contribution in [2.45, 2.75) is 39.5 Å². The van der Waals surface area contributed by atoms with E-state index in [4.69, 9.17) is 4.42 Å². The molecule has 0 atom stereocenters. The largest absolute Gasteiger partial charge is 0.423 e. The zero-order chi connectivity index (χ0) is 20.9. The Labute approximate surface area is 163 Å². The van der Waals surface area contributed by atoms with Crippen molar-refractivity contribution < 1.29 is 18.8 Å². The van der Waals surface area contributed by atoms with Crippen molar-refractivity contribution in [3.05, 3.63) is 40.2 Å². The summed E-state index contributed by atoms with van der Waals surface area (Å²) < 4.78 is 5.17.